The van der Waals surface area contributed by atoms with E-state index < -0.39 is 83.5 Å². The van der Waals surface area contributed by atoms with Gasteiger partial charge >= 0.3 is 27.6 Å². The normalized spacial score (nSPS) is 22.2. The number of unbranched alkanes of at least 4 members (excludes halogenated alkanes) is 19. The molecule has 16 nitrogen and oxygen atoms in total. The minimum atomic E-state index is -5.36. The second-order valence-electron chi connectivity index (χ2n) is 16.5. The largest absolute Gasteiger partial charge is 0.472 e. The minimum Gasteiger partial charge on any atom is -0.462 e. The van der Waals surface area contributed by atoms with Gasteiger partial charge in [-0.05, 0) is 44.9 Å². The zero-order valence-electron chi connectivity index (χ0n) is 38.0. The van der Waals surface area contributed by atoms with E-state index in [9.17, 15) is 44.0 Å². The van der Waals surface area contributed by atoms with Crippen LogP contribution in [0, 0.1) is 0 Å². The van der Waals surface area contributed by atoms with E-state index in [-0.39, 0.29) is 12.8 Å². The van der Waals surface area contributed by atoms with Gasteiger partial charge in [-0.1, -0.05) is 159 Å². The Hall–Kier alpha value is -1.78. The monoisotopic (exact) mass is 941 g/mol. The number of carbonyl (C=O) groups excluding carboxylic acids is 2. The summed E-state index contributed by atoms with van der Waals surface area (Å²) >= 11 is 0. The molecule has 0 aromatic carbocycles. The van der Waals surface area contributed by atoms with Gasteiger partial charge in [0.25, 0.3) is 0 Å². The van der Waals surface area contributed by atoms with E-state index in [1.54, 1.807) is 0 Å². The lowest BCUT2D eigenvalue weighted by atomic mass is 9.85. The van der Waals surface area contributed by atoms with Crippen LogP contribution in [0.25, 0.3) is 0 Å². The first-order chi connectivity index (χ1) is 30.1. The maximum absolute atomic E-state index is 13.0. The quantitative estimate of drug-likeness (QED) is 0.0132. The van der Waals surface area contributed by atoms with Crippen LogP contribution < -0.4 is 0 Å². The lowest BCUT2D eigenvalue weighted by molar-refractivity contribution is -0.216. The Morgan fingerprint density at radius 3 is 1.48 bits per heavy atom. The molecule has 0 aromatic rings. The molecule has 1 aliphatic carbocycles. The highest BCUT2D eigenvalue weighted by molar-refractivity contribution is 7.47. The summed E-state index contributed by atoms with van der Waals surface area (Å²) in [5.41, 5.74) is 0. The Bertz CT molecular complexity index is 1370. The Balaban J connectivity index is 2.60. The summed E-state index contributed by atoms with van der Waals surface area (Å²) in [5, 5.41) is 41.2. The van der Waals surface area contributed by atoms with Crippen molar-refractivity contribution in [2.75, 3.05) is 13.2 Å². The highest BCUT2D eigenvalue weighted by Crippen LogP contribution is 2.49. The van der Waals surface area contributed by atoms with Crippen LogP contribution in [0.5, 0.6) is 0 Å². The molecule has 0 aromatic heterocycles. The van der Waals surface area contributed by atoms with E-state index in [0.717, 1.165) is 77.0 Å². The van der Waals surface area contributed by atoms with E-state index >= 15 is 0 Å². The molecule has 0 aliphatic heterocycles. The third kappa shape index (κ3) is 30.9. The first-order valence-electron chi connectivity index (χ1n) is 23.5. The topological polar surface area (TPSA) is 256 Å². The van der Waals surface area contributed by atoms with Crippen molar-refractivity contribution in [2.24, 2.45) is 0 Å². The average molecular weight is 941 g/mol. The molecule has 1 rings (SSSR count). The minimum absolute atomic E-state index is 0.0260. The van der Waals surface area contributed by atoms with Crippen molar-refractivity contribution < 1.29 is 76.9 Å². The summed E-state index contributed by atoms with van der Waals surface area (Å²) in [5.74, 6) is -1.22. The van der Waals surface area contributed by atoms with E-state index in [1.807, 2.05) is 0 Å². The number of rotatable bonds is 39. The summed E-state index contributed by atoms with van der Waals surface area (Å²) in [4.78, 5) is 54.2. The number of aliphatic hydroxyl groups is 4. The molecule has 1 fully saturated rings. The van der Waals surface area contributed by atoms with Crippen LogP contribution in [-0.2, 0) is 41.8 Å². The molecule has 1 aliphatic rings. The van der Waals surface area contributed by atoms with Gasteiger partial charge in [0, 0.05) is 12.8 Å². The highest BCUT2D eigenvalue weighted by atomic mass is 31.2. The smallest absolute Gasteiger partial charge is 0.462 e. The van der Waals surface area contributed by atoms with E-state index in [2.05, 4.69) is 54.8 Å². The van der Waals surface area contributed by atoms with Crippen LogP contribution in [0.4, 0.5) is 0 Å². The first-order valence-corrected chi connectivity index (χ1v) is 26.6. The van der Waals surface area contributed by atoms with Crippen molar-refractivity contribution in [2.45, 2.75) is 224 Å². The zero-order chi connectivity index (χ0) is 46.8. The third-order valence-electron chi connectivity index (χ3n) is 10.7. The number of phosphoric ester groups is 2. The number of ether oxygens (including phenoxy) is 2. The second kappa shape index (κ2) is 36.4. The van der Waals surface area contributed by atoms with Crippen molar-refractivity contribution in [1.29, 1.82) is 0 Å². The number of phosphoric acid groups is 2. The summed E-state index contributed by atoms with van der Waals surface area (Å²) in [6.07, 6.45) is 23.9. The van der Waals surface area contributed by atoms with Gasteiger partial charge in [0.15, 0.2) is 6.10 Å². The maximum Gasteiger partial charge on any atom is 0.472 e. The lowest BCUT2D eigenvalue weighted by Gasteiger charge is -2.43. The second-order valence-corrected chi connectivity index (χ2v) is 19.1. The van der Waals surface area contributed by atoms with Gasteiger partial charge in [0.05, 0.1) is 6.61 Å². The lowest BCUT2D eigenvalue weighted by Crippen LogP contribution is -2.64. The summed E-state index contributed by atoms with van der Waals surface area (Å²) in [6, 6.07) is 0. The van der Waals surface area contributed by atoms with E-state index in [0.29, 0.717) is 12.8 Å². The summed E-state index contributed by atoms with van der Waals surface area (Å²) in [6.45, 7) is 2.99. The SMILES string of the molecule is CC/C=C\C/C=C\C/C=C\CCCCCCCC(=O)O[C@H](COC(=O)CCCCCCCCCCCCCCCCC)COP(=O)(O)O[C@H]1C(O)C(O)C(O)[C@@H](OP(=O)(O)O)C1O. The average Bonchev–Trinajstić information content (AvgIpc) is 3.23. The van der Waals surface area contributed by atoms with Gasteiger partial charge in [0.2, 0.25) is 0 Å². The van der Waals surface area contributed by atoms with Crippen LogP contribution in [-0.4, -0.2) is 103 Å². The number of esters is 2. The number of hydrogen-bond acceptors (Lipinski definition) is 13. The third-order valence-corrected chi connectivity index (χ3v) is 12.2. The van der Waals surface area contributed by atoms with Crippen molar-refractivity contribution in [3.8, 4) is 0 Å². The summed E-state index contributed by atoms with van der Waals surface area (Å²) < 4.78 is 49.3. The maximum atomic E-state index is 13.0. The van der Waals surface area contributed by atoms with Crippen LogP contribution in [0.2, 0.25) is 0 Å². The molecule has 63 heavy (non-hydrogen) atoms. The molecule has 1 saturated carbocycles. The van der Waals surface area contributed by atoms with Crippen LogP contribution in [0.1, 0.15) is 181 Å². The standard InChI is InChI=1S/C45H82O16P2/c1-3-5-7-9-11-13-15-17-19-21-23-25-27-29-31-33-38(46)57-35-37(59-39(47)34-32-30-28-26-24-22-20-18-16-14-12-10-8-6-4-2)36-58-63(55,56)61-45-42(50)40(48)41(49)44(43(45)51)60-62(52,53)54/h6,8,12,14,18,20,37,40-45,48-51H,3-5,7,9-11,13,15-17,19,21-36H2,1-2H3,(H,55,56)(H2,52,53,54)/b8-6-,14-12-,20-18-/t37-,40?,41?,42?,43?,44-,45+/m1/s1. The molecule has 7 N–H and O–H groups in total. The van der Waals surface area contributed by atoms with Crippen LogP contribution >= 0.6 is 15.6 Å². The van der Waals surface area contributed by atoms with Crippen molar-refractivity contribution in [1.82, 2.24) is 0 Å². The highest BCUT2D eigenvalue weighted by Gasteiger charge is 2.54. The van der Waals surface area contributed by atoms with Crippen molar-refractivity contribution in [3.05, 3.63) is 36.5 Å². The molecule has 0 heterocycles. The van der Waals surface area contributed by atoms with Gasteiger partial charge in [-0.15, -0.1) is 0 Å². The van der Waals surface area contributed by atoms with Gasteiger partial charge in [-0.25, -0.2) is 9.13 Å². The molecule has 368 valence electrons. The van der Waals surface area contributed by atoms with Crippen LogP contribution in [0.3, 0.4) is 0 Å². The number of allylic oxidation sites excluding steroid dienone is 6. The van der Waals surface area contributed by atoms with Gasteiger partial charge in [-0.3, -0.25) is 23.2 Å². The summed E-state index contributed by atoms with van der Waals surface area (Å²) in [7, 11) is -10.7. The Morgan fingerprint density at radius 1 is 0.524 bits per heavy atom. The molecule has 0 radical (unpaired) electrons. The Kier molecular flexibility index (Phi) is 34.2. The predicted octanol–water partition coefficient (Wildman–Crippen LogP) is 8.73. The predicted molar refractivity (Wildman–Crippen MR) is 241 cm³/mol. The molecule has 8 atom stereocenters. The Morgan fingerprint density at radius 2 is 0.968 bits per heavy atom. The molecule has 0 saturated heterocycles. The molecular formula is C45H82O16P2. The fourth-order valence-electron chi connectivity index (χ4n) is 7.10. The van der Waals surface area contributed by atoms with Crippen molar-refractivity contribution >= 4 is 27.6 Å². The molecule has 0 spiro atoms. The number of carbonyl (C=O) groups is 2. The number of hydrogen-bond donors (Lipinski definition) is 7. The number of aliphatic hydroxyl groups excluding tert-OH is 4. The van der Waals surface area contributed by atoms with E-state index in [4.69, 9.17) is 28.3 Å². The fraction of sp³-hybridized carbons (Fsp3) is 0.822. The molecular weight excluding hydrogens is 858 g/mol. The van der Waals surface area contributed by atoms with Gasteiger partial charge in [0.1, 0.15) is 43.2 Å². The van der Waals surface area contributed by atoms with E-state index in [1.165, 1.54) is 64.2 Å². The molecule has 0 bridgehead atoms. The first kappa shape index (κ1) is 59.2. The van der Waals surface area contributed by atoms with Crippen LogP contribution in [0.15, 0.2) is 36.5 Å². The zero-order valence-corrected chi connectivity index (χ0v) is 39.8. The fourth-order valence-corrected chi connectivity index (χ4v) is 8.64. The van der Waals surface area contributed by atoms with Gasteiger partial charge in [-0.2, -0.15) is 0 Å². The molecule has 18 heteroatoms. The molecule has 0 amide bonds. The van der Waals surface area contributed by atoms with Gasteiger partial charge < -0.3 is 44.6 Å². The Labute approximate surface area is 376 Å². The van der Waals surface area contributed by atoms with Crippen molar-refractivity contribution in [3.63, 3.8) is 0 Å². The molecule has 5 unspecified atom stereocenters.